The number of carbonyl (C=O) groups is 2. The molecule has 132 valence electrons. The summed E-state index contributed by atoms with van der Waals surface area (Å²) in [6, 6.07) is 14.5. The molecule has 2 amide bonds. The topological polar surface area (TPSA) is 58.6 Å². The van der Waals surface area contributed by atoms with Crippen molar-refractivity contribution in [3.63, 3.8) is 0 Å². The molecule has 0 unspecified atom stereocenters. The molecule has 0 atom stereocenters. The molecule has 0 radical (unpaired) electrons. The molecule has 25 heavy (non-hydrogen) atoms. The van der Waals surface area contributed by atoms with E-state index in [1.807, 2.05) is 30.3 Å². The largest absolute Gasteiger partial charge is 0.367 e. The summed E-state index contributed by atoms with van der Waals surface area (Å²) in [6.07, 6.45) is 0.335. The van der Waals surface area contributed by atoms with Crippen LogP contribution in [-0.4, -0.2) is 37.4 Å². The van der Waals surface area contributed by atoms with Gasteiger partial charge in [-0.05, 0) is 29.3 Å². The van der Waals surface area contributed by atoms with Gasteiger partial charge in [0.1, 0.15) is 6.61 Å². The van der Waals surface area contributed by atoms with Gasteiger partial charge in [-0.3, -0.25) is 9.59 Å². The third-order valence-corrected chi connectivity index (χ3v) is 3.91. The Labute approximate surface area is 152 Å². The van der Waals surface area contributed by atoms with Gasteiger partial charge in [0.25, 0.3) is 0 Å². The van der Waals surface area contributed by atoms with Crippen LogP contribution in [0.1, 0.15) is 11.1 Å². The van der Waals surface area contributed by atoms with Crippen molar-refractivity contribution >= 4 is 29.1 Å². The lowest BCUT2D eigenvalue weighted by atomic mass is 10.1. The van der Waals surface area contributed by atoms with Crippen LogP contribution in [0.5, 0.6) is 0 Å². The summed E-state index contributed by atoms with van der Waals surface area (Å²) in [5.41, 5.74) is 2.39. The van der Waals surface area contributed by atoms with E-state index in [1.165, 1.54) is 0 Å². The molecule has 6 heteroatoms. The molecule has 0 aliphatic heterocycles. The number of nitrogens with one attached hydrogen (secondary N) is 1. The second-order valence-corrected chi connectivity index (χ2v) is 6.20. The maximum absolute atomic E-state index is 11.9. The van der Waals surface area contributed by atoms with Gasteiger partial charge in [-0.15, -0.1) is 0 Å². The van der Waals surface area contributed by atoms with E-state index >= 15 is 0 Å². The SMILES string of the molecule is CN(C)C(=O)Cc1ccc(NC(=O)COCc2ccccc2Cl)cc1. The molecule has 0 aliphatic rings. The van der Waals surface area contributed by atoms with Gasteiger partial charge in [0.2, 0.25) is 11.8 Å². The number of halogens is 1. The maximum atomic E-state index is 11.9. The third kappa shape index (κ3) is 6.21. The zero-order valence-electron chi connectivity index (χ0n) is 14.3. The van der Waals surface area contributed by atoms with Gasteiger partial charge in [-0.1, -0.05) is 41.9 Å². The van der Waals surface area contributed by atoms with Crippen molar-refractivity contribution in [3.05, 3.63) is 64.7 Å². The first-order valence-corrected chi connectivity index (χ1v) is 8.23. The van der Waals surface area contributed by atoms with Crippen LogP contribution in [0.4, 0.5) is 5.69 Å². The summed E-state index contributed by atoms with van der Waals surface area (Å²) in [5, 5.41) is 3.37. The summed E-state index contributed by atoms with van der Waals surface area (Å²) in [6.45, 7) is 0.213. The number of carbonyl (C=O) groups excluding carboxylic acids is 2. The highest BCUT2D eigenvalue weighted by atomic mass is 35.5. The van der Waals surface area contributed by atoms with Crippen molar-refractivity contribution in [3.8, 4) is 0 Å². The number of amides is 2. The number of hydrogen-bond acceptors (Lipinski definition) is 3. The molecule has 0 saturated heterocycles. The van der Waals surface area contributed by atoms with Crippen molar-refractivity contribution in [2.45, 2.75) is 13.0 Å². The number of ether oxygens (including phenoxy) is 1. The average molecular weight is 361 g/mol. The molecule has 0 fully saturated rings. The van der Waals surface area contributed by atoms with Crippen LogP contribution in [0.2, 0.25) is 5.02 Å². The first kappa shape index (κ1) is 19.0. The molecule has 0 aliphatic carbocycles. The van der Waals surface area contributed by atoms with Crippen LogP contribution in [0.15, 0.2) is 48.5 Å². The van der Waals surface area contributed by atoms with Gasteiger partial charge in [0, 0.05) is 24.8 Å². The number of hydrogen-bond donors (Lipinski definition) is 1. The Kier molecular flexibility index (Phi) is 6.98. The number of likely N-dealkylation sites (N-methyl/N-ethyl adjacent to an activating group) is 1. The number of anilines is 1. The Morgan fingerprint density at radius 3 is 2.40 bits per heavy atom. The molecule has 0 spiro atoms. The molecule has 0 saturated carbocycles. The molecule has 0 aromatic heterocycles. The standard InChI is InChI=1S/C19H21ClN2O3/c1-22(2)19(24)11-14-7-9-16(10-8-14)21-18(23)13-25-12-15-5-3-4-6-17(15)20/h3-10H,11-13H2,1-2H3,(H,21,23). The fourth-order valence-electron chi connectivity index (χ4n) is 2.10. The molecule has 0 heterocycles. The highest BCUT2D eigenvalue weighted by Gasteiger charge is 2.07. The highest BCUT2D eigenvalue weighted by molar-refractivity contribution is 6.31. The van der Waals surface area contributed by atoms with Crippen LogP contribution in [-0.2, 0) is 27.4 Å². The normalized spacial score (nSPS) is 10.4. The van der Waals surface area contributed by atoms with Gasteiger partial charge < -0.3 is 15.0 Å². The monoisotopic (exact) mass is 360 g/mol. The molecule has 2 rings (SSSR count). The zero-order chi connectivity index (χ0) is 18.2. The van der Waals surface area contributed by atoms with Gasteiger partial charge in [-0.2, -0.15) is 0 Å². The minimum Gasteiger partial charge on any atom is -0.367 e. The van der Waals surface area contributed by atoms with Crippen LogP contribution in [0.3, 0.4) is 0 Å². The number of nitrogens with zero attached hydrogens (tertiary/aromatic N) is 1. The van der Waals surface area contributed by atoms with Crippen molar-refractivity contribution in [2.24, 2.45) is 0 Å². The van der Waals surface area contributed by atoms with E-state index in [2.05, 4.69) is 5.32 Å². The first-order valence-electron chi connectivity index (χ1n) is 7.86. The van der Waals surface area contributed by atoms with Crippen LogP contribution < -0.4 is 5.32 Å². The Bertz CT molecular complexity index is 730. The lowest BCUT2D eigenvalue weighted by molar-refractivity contribution is -0.128. The summed E-state index contributed by atoms with van der Waals surface area (Å²) in [4.78, 5) is 25.1. The molecule has 2 aromatic carbocycles. The number of rotatable bonds is 7. The van der Waals surface area contributed by atoms with Crippen molar-refractivity contribution in [1.29, 1.82) is 0 Å². The van der Waals surface area contributed by atoms with Gasteiger partial charge in [0.05, 0.1) is 13.0 Å². The van der Waals surface area contributed by atoms with Gasteiger partial charge in [-0.25, -0.2) is 0 Å². The highest BCUT2D eigenvalue weighted by Crippen LogP contribution is 2.16. The van der Waals surface area contributed by atoms with Crippen LogP contribution >= 0.6 is 11.6 Å². The van der Waals surface area contributed by atoms with E-state index < -0.39 is 0 Å². The van der Waals surface area contributed by atoms with E-state index in [0.717, 1.165) is 11.1 Å². The zero-order valence-corrected chi connectivity index (χ0v) is 15.0. The molecule has 2 aromatic rings. The summed E-state index contributed by atoms with van der Waals surface area (Å²) in [5.74, 6) is -0.214. The molecule has 1 N–H and O–H groups in total. The average Bonchev–Trinajstić information content (AvgIpc) is 2.58. The van der Waals surface area contributed by atoms with Crippen molar-refractivity contribution in [1.82, 2.24) is 4.90 Å². The van der Waals surface area contributed by atoms with E-state index in [4.69, 9.17) is 16.3 Å². The van der Waals surface area contributed by atoms with Crippen LogP contribution in [0, 0.1) is 0 Å². The van der Waals surface area contributed by atoms with E-state index in [9.17, 15) is 9.59 Å². The maximum Gasteiger partial charge on any atom is 0.250 e. The molecule has 5 nitrogen and oxygen atoms in total. The van der Waals surface area contributed by atoms with Crippen molar-refractivity contribution < 1.29 is 14.3 Å². The molecule has 0 bridgehead atoms. The lowest BCUT2D eigenvalue weighted by Gasteiger charge is -2.11. The lowest BCUT2D eigenvalue weighted by Crippen LogP contribution is -2.23. The second kappa shape index (κ2) is 9.20. The Morgan fingerprint density at radius 2 is 1.76 bits per heavy atom. The summed E-state index contributed by atoms with van der Waals surface area (Å²) < 4.78 is 5.39. The molecular formula is C19H21ClN2O3. The Balaban J connectivity index is 1.78. The van der Waals surface area contributed by atoms with E-state index in [0.29, 0.717) is 17.1 Å². The fraction of sp³-hybridized carbons (Fsp3) is 0.263. The minimum absolute atomic E-state index is 0.0322. The predicted molar refractivity (Wildman–Crippen MR) is 98.6 cm³/mol. The fourth-order valence-corrected chi connectivity index (χ4v) is 2.30. The first-order chi connectivity index (χ1) is 12.0. The smallest absolute Gasteiger partial charge is 0.250 e. The Morgan fingerprint density at radius 1 is 1.08 bits per heavy atom. The van der Waals surface area contributed by atoms with E-state index in [-0.39, 0.29) is 25.0 Å². The van der Waals surface area contributed by atoms with Crippen LogP contribution in [0.25, 0.3) is 0 Å². The van der Waals surface area contributed by atoms with Gasteiger partial charge >= 0.3 is 0 Å². The summed E-state index contributed by atoms with van der Waals surface area (Å²) in [7, 11) is 3.44. The Hall–Kier alpha value is -2.37. The van der Waals surface area contributed by atoms with E-state index in [1.54, 1.807) is 37.2 Å². The predicted octanol–water partition coefficient (Wildman–Crippen LogP) is 3.13. The number of benzene rings is 2. The third-order valence-electron chi connectivity index (χ3n) is 3.54. The van der Waals surface area contributed by atoms with Crippen molar-refractivity contribution in [2.75, 3.05) is 26.0 Å². The molecular weight excluding hydrogens is 340 g/mol. The summed E-state index contributed by atoms with van der Waals surface area (Å²) >= 11 is 6.03. The minimum atomic E-state index is -0.246. The quantitative estimate of drug-likeness (QED) is 0.825. The second-order valence-electron chi connectivity index (χ2n) is 5.79. The van der Waals surface area contributed by atoms with Gasteiger partial charge in [0.15, 0.2) is 0 Å².